The molecule has 0 aliphatic carbocycles. The van der Waals surface area contributed by atoms with E-state index in [1.165, 1.54) is 18.5 Å². The Hall–Kier alpha value is -2.15. The van der Waals surface area contributed by atoms with Gasteiger partial charge in [-0.15, -0.1) is 0 Å². The Morgan fingerprint density at radius 2 is 2.00 bits per heavy atom. The topological polar surface area (TPSA) is 83.0 Å². The number of likely N-dealkylation sites (N-methyl/N-ethyl adjacent to an activating group) is 1. The minimum absolute atomic E-state index is 0.0366. The number of rotatable bonds is 4. The second-order valence-electron chi connectivity index (χ2n) is 4.69. The van der Waals surface area contributed by atoms with Crippen LogP contribution in [0.2, 0.25) is 0 Å². The second-order valence-corrected chi connectivity index (χ2v) is 4.69. The molecule has 0 unspecified atom stereocenters. The highest BCUT2D eigenvalue weighted by Gasteiger charge is 2.19. The number of pyridine rings is 1. The maximum Gasteiger partial charge on any atom is 0.337 e. The van der Waals surface area contributed by atoms with Gasteiger partial charge in [0, 0.05) is 32.4 Å². The van der Waals surface area contributed by atoms with Crippen LogP contribution in [-0.2, 0) is 4.79 Å². The van der Waals surface area contributed by atoms with Crippen LogP contribution in [0, 0.1) is 0 Å². The monoisotopic (exact) mass is 279 g/mol. The predicted octanol–water partition coefficient (Wildman–Crippen LogP) is -0.0674. The molecule has 0 radical (unpaired) electrons. The summed E-state index contributed by atoms with van der Waals surface area (Å²) in [5, 5.41) is 8.84. The Balaban J connectivity index is 1.87. The van der Waals surface area contributed by atoms with Crippen LogP contribution < -0.4 is 4.74 Å². The van der Waals surface area contributed by atoms with Crippen LogP contribution in [0.3, 0.4) is 0 Å². The molecule has 2 heterocycles. The summed E-state index contributed by atoms with van der Waals surface area (Å²) in [7, 11) is 2.02. The summed E-state index contributed by atoms with van der Waals surface area (Å²) in [5.74, 6) is -0.889. The molecule has 7 heteroatoms. The van der Waals surface area contributed by atoms with Gasteiger partial charge in [0.1, 0.15) is 5.75 Å². The van der Waals surface area contributed by atoms with Crippen molar-refractivity contribution in [3.05, 3.63) is 24.0 Å². The van der Waals surface area contributed by atoms with Crippen molar-refractivity contribution in [1.82, 2.24) is 14.8 Å². The van der Waals surface area contributed by atoms with Crippen molar-refractivity contribution in [3.8, 4) is 5.75 Å². The molecule has 1 fully saturated rings. The maximum absolute atomic E-state index is 11.9. The van der Waals surface area contributed by atoms with Crippen molar-refractivity contribution in [2.24, 2.45) is 0 Å². The lowest BCUT2D eigenvalue weighted by molar-refractivity contribution is -0.134. The Morgan fingerprint density at radius 3 is 2.65 bits per heavy atom. The van der Waals surface area contributed by atoms with E-state index in [1.54, 1.807) is 4.90 Å². The Bertz CT molecular complexity index is 498. The number of piperazine rings is 1. The lowest BCUT2D eigenvalue weighted by Crippen LogP contribution is -2.48. The minimum atomic E-state index is -1.08. The predicted molar refractivity (Wildman–Crippen MR) is 70.8 cm³/mol. The van der Waals surface area contributed by atoms with Crippen molar-refractivity contribution >= 4 is 11.9 Å². The first-order chi connectivity index (χ1) is 9.56. The van der Waals surface area contributed by atoms with Gasteiger partial charge in [0.2, 0.25) is 0 Å². The molecule has 1 saturated heterocycles. The molecule has 0 atom stereocenters. The van der Waals surface area contributed by atoms with E-state index < -0.39 is 5.97 Å². The Morgan fingerprint density at radius 1 is 1.30 bits per heavy atom. The molecule has 1 amide bonds. The first-order valence-electron chi connectivity index (χ1n) is 6.34. The Labute approximate surface area is 116 Å². The van der Waals surface area contributed by atoms with Crippen LogP contribution in [0.25, 0.3) is 0 Å². The number of nitrogens with zero attached hydrogens (tertiary/aromatic N) is 3. The zero-order valence-corrected chi connectivity index (χ0v) is 11.3. The number of carboxylic acid groups (broad SMARTS) is 1. The zero-order chi connectivity index (χ0) is 14.5. The van der Waals surface area contributed by atoms with Crippen molar-refractivity contribution < 1.29 is 19.4 Å². The molecular formula is C13H17N3O4. The standard InChI is InChI=1S/C13H17N3O4/c1-15-2-4-16(5-3-15)12(17)9-20-11-6-10(13(18)19)7-14-8-11/h6-8H,2-5,9H2,1H3,(H,18,19). The van der Waals surface area contributed by atoms with Gasteiger partial charge < -0.3 is 19.6 Å². The Kier molecular flexibility index (Phi) is 4.52. The van der Waals surface area contributed by atoms with Crippen molar-refractivity contribution in [1.29, 1.82) is 0 Å². The van der Waals surface area contributed by atoms with Crippen LogP contribution in [0.4, 0.5) is 0 Å². The fourth-order valence-electron chi connectivity index (χ4n) is 1.91. The van der Waals surface area contributed by atoms with E-state index in [-0.39, 0.29) is 23.8 Å². The molecular weight excluding hydrogens is 262 g/mol. The summed E-state index contributed by atoms with van der Waals surface area (Å²) in [6, 6.07) is 1.35. The summed E-state index contributed by atoms with van der Waals surface area (Å²) in [6.07, 6.45) is 2.63. The van der Waals surface area contributed by atoms with Crippen LogP contribution in [0.1, 0.15) is 10.4 Å². The van der Waals surface area contributed by atoms with Crippen LogP contribution in [0.5, 0.6) is 5.75 Å². The third kappa shape index (κ3) is 3.67. The van der Waals surface area contributed by atoms with E-state index >= 15 is 0 Å². The largest absolute Gasteiger partial charge is 0.482 e. The van der Waals surface area contributed by atoms with Crippen molar-refractivity contribution in [2.75, 3.05) is 39.8 Å². The van der Waals surface area contributed by atoms with E-state index in [1.807, 2.05) is 7.05 Å². The average molecular weight is 279 g/mol. The summed E-state index contributed by atoms with van der Waals surface area (Å²) in [6.45, 7) is 2.97. The number of carbonyl (C=O) groups excluding carboxylic acids is 1. The van der Waals surface area contributed by atoms with Crippen LogP contribution in [0.15, 0.2) is 18.5 Å². The SMILES string of the molecule is CN1CCN(C(=O)COc2cncc(C(=O)O)c2)CC1. The molecule has 1 aliphatic heterocycles. The number of ether oxygens (including phenoxy) is 1. The molecule has 7 nitrogen and oxygen atoms in total. The van der Waals surface area contributed by atoms with Gasteiger partial charge in [0.05, 0.1) is 11.8 Å². The van der Waals surface area contributed by atoms with Crippen molar-refractivity contribution in [3.63, 3.8) is 0 Å². The molecule has 0 saturated carbocycles. The van der Waals surface area contributed by atoms with Gasteiger partial charge in [-0.1, -0.05) is 0 Å². The number of carbonyl (C=O) groups is 2. The molecule has 1 aromatic rings. The summed E-state index contributed by atoms with van der Waals surface area (Å²) >= 11 is 0. The van der Waals surface area contributed by atoms with E-state index in [4.69, 9.17) is 9.84 Å². The first-order valence-corrected chi connectivity index (χ1v) is 6.34. The van der Waals surface area contributed by atoms with Gasteiger partial charge >= 0.3 is 5.97 Å². The molecule has 2 rings (SSSR count). The third-order valence-corrected chi connectivity index (χ3v) is 3.18. The van der Waals surface area contributed by atoms with Crippen molar-refractivity contribution in [2.45, 2.75) is 0 Å². The number of aromatic nitrogens is 1. The minimum Gasteiger partial charge on any atom is -0.482 e. The summed E-state index contributed by atoms with van der Waals surface area (Å²) in [5.41, 5.74) is 0.0366. The quantitative estimate of drug-likeness (QED) is 0.831. The smallest absolute Gasteiger partial charge is 0.337 e. The number of carboxylic acids is 1. The first kappa shape index (κ1) is 14.3. The average Bonchev–Trinajstić information content (AvgIpc) is 2.46. The van der Waals surface area contributed by atoms with Gasteiger partial charge in [-0.2, -0.15) is 0 Å². The van der Waals surface area contributed by atoms with Gasteiger partial charge in [-0.25, -0.2) is 4.79 Å². The molecule has 108 valence electrons. The van der Waals surface area contributed by atoms with E-state index in [0.717, 1.165) is 13.1 Å². The summed E-state index contributed by atoms with van der Waals surface area (Å²) in [4.78, 5) is 30.4. The van der Waals surface area contributed by atoms with E-state index in [9.17, 15) is 9.59 Å². The molecule has 0 spiro atoms. The fraction of sp³-hybridized carbons (Fsp3) is 0.462. The number of amides is 1. The molecule has 0 aromatic carbocycles. The molecule has 1 aromatic heterocycles. The number of aromatic carboxylic acids is 1. The molecule has 1 aliphatic rings. The number of hydrogen-bond acceptors (Lipinski definition) is 5. The molecule has 20 heavy (non-hydrogen) atoms. The zero-order valence-electron chi connectivity index (χ0n) is 11.3. The van der Waals surface area contributed by atoms with Gasteiger partial charge in [0.15, 0.2) is 6.61 Å². The highest BCUT2D eigenvalue weighted by Crippen LogP contribution is 2.11. The molecule has 0 bridgehead atoms. The lowest BCUT2D eigenvalue weighted by atomic mass is 10.3. The second kappa shape index (κ2) is 6.33. The van der Waals surface area contributed by atoms with Crippen LogP contribution >= 0.6 is 0 Å². The summed E-state index contributed by atoms with van der Waals surface area (Å²) < 4.78 is 5.31. The lowest BCUT2D eigenvalue weighted by Gasteiger charge is -2.32. The fourth-order valence-corrected chi connectivity index (χ4v) is 1.91. The highest BCUT2D eigenvalue weighted by molar-refractivity contribution is 5.87. The normalized spacial score (nSPS) is 15.9. The van der Waals surface area contributed by atoms with Gasteiger partial charge in [-0.05, 0) is 13.1 Å². The van der Waals surface area contributed by atoms with E-state index in [2.05, 4.69) is 9.88 Å². The maximum atomic E-state index is 11.9. The highest BCUT2D eigenvalue weighted by atomic mass is 16.5. The van der Waals surface area contributed by atoms with Gasteiger partial charge in [-0.3, -0.25) is 9.78 Å². The number of hydrogen-bond donors (Lipinski definition) is 1. The van der Waals surface area contributed by atoms with Gasteiger partial charge in [0.25, 0.3) is 5.91 Å². The van der Waals surface area contributed by atoms with Crippen LogP contribution in [-0.4, -0.2) is 71.6 Å². The van der Waals surface area contributed by atoms with E-state index in [0.29, 0.717) is 13.1 Å². The third-order valence-electron chi connectivity index (χ3n) is 3.18. The molecule has 1 N–H and O–H groups in total.